The molecule has 0 aliphatic carbocycles. The van der Waals surface area contributed by atoms with E-state index in [1.807, 2.05) is 6.92 Å². The molecule has 3 aliphatic rings. The molecule has 2 N–H and O–H groups in total. The molecule has 0 aromatic heterocycles. The van der Waals surface area contributed by atoms with Crippen molar-refractivity contribution in [3.63, 3.8) is 0 Å². The van der Waals surface area contributed by atoms with Gasteiger partial charge in [0.2, 0.25) is 0 Å². The minimum atomic E-state index is -0.203. The van der Waals surface area contributed by atoms with E-state index in [9.17, 15) is 4.79 Å². The molecule has 3 fully saturated rings. The Bertz CT molecular complexity index is 508. The zero-order valence-electron chi connectivity index (χ0n) is 16.8. The molecule has 0 bridgehead atoms. The fraction of sp³-hybridized carbons (Fsp3) is 0.895. The van der Waals surface area contributed by atoms with Gasteiger partial charge in [0, 0.05) is 38.3 Å². The molecule has 27 heavy (non-hydrogen) atoms. The minimum absolute atomic E-state index is 0.181. The van der Waals surface area contributed by atoms with E-state index in [2.05, 4.69) is 22.5 Å². The highest BCUT2D eigenvalue weighted by Crippen LogP contribution is 2.22. The summed E-state index contributed by atoms with van der Waals surface area (Å²) in [6.07, 6.45) is 4.34. The average molecular weight is 382 g/mol. The Labute approximate surface area is 162 Å². The molecule has 0 aromatic rings. The zero-order chi connectivity index (χ0) is 19.1. The van der Waals surface area contributed by atoms with Gasteiger partial charge in [0.1, 0.15) is 0 Å². The van der Waals surface area contributed by atoms with Crippen molar-refractivity contribution < 1.29 is 14.3 Å². The molecule has 3 saturated heterocycles. The molecule has 2 atom stereocenters. The van der Waals surface area contributed by atoms with Crippen LogP contribution >= 0.6 is 0 Å². The molecular weight excluding hydrogens is 346 g/mol. The predicted molar refractivity (Wildman–Crippen MR) is 105 cm³/mol. The summed E-state index contributed by atoms with van der Waals surface area (Å²) in [6.45, 7) is 10.3. The van der Waals surface area contributed by atoms with Crippen molar-refractivity contribution in [2.75, 3.05) is 52.5 Å². The number of likely N-dealkylation sites (tertiary alicyclic amines) is 1. The Morgan fingerprint density at radius 1 is 1.22 bits per heavy atom. The molecule has 8 heteroatoms. The Balaban J connectivity index is 1.44. The molecule has 0 spiro atoms. The SMILES string of the molecule is CCNC(=NCC1CN2CCCC2CO1)NC1CCN(C(=O)OCC)CC1. The van der Waals surface area contributed by atoms with Crippen molar-refractivity contribution in [1.29, 1.82) is 0 Å². The maximum absolute atomic E-state index is 11.8. The van der Waals surface area contributed by atoms with E-state index in [0.29, 0.717) is 25.2 Å². The molecule has 154 valence electrons. The zero-order valence-corrected chi connectivity index (χ0v) is 16.8. The van der Waals surface area contributed by atoms with Gasteiger partial charge in [-0.2, -0.15) is 0 Å². The third kappa shape index (κ3) is 5.72. The van der Waals surface area contributed by atoms with Crippen LogP contribution in [-0.2, 0) is 9.47 Å². The molecule has 2 unspecified atom stereocenters. The number of carbonyl (C=O) groups excluding carboxylic acids is 1. The third-order valence-electron chi connectivity index (χ3n) is 5.62. The van der Waals surface area contributed by atoms with Crippen molar-refractivity contribution in [2.24, 2.45) is 4.99 Å². The number of morpholine rings is 1. The Hall–Kier alpha value is -1.54. The first-order chi connectivity index (χ1) is 13.2. The van der Waals surface area contributed by atoms with Crippen LogP contribution in [0.25, 0.3) is 0 Å². The van der Waals surface area contributed by atoms with Crippen molar-refractivity contribution in [2.45, 2.75) is 57.7 Å². The highest BCUT2D eigenvalue weighted by molar-refractivity contribution is 5.80. The summed E-state index contributed by atoms with van der Waals surface area (Å²) >= 11 is 0. The number of guanidine groups is 1. The van der Waals surface area contributed by atoms with Gasteiger partial charge in [0.05, 0.1) is 25.9 Å². The molecule has 0 radical (unpaired) electrons. The molecule has 3 rings (SSSR count). The standard InChI is InChI=1S/C19H35N5O3/c1-3-20-18(21-12-17-13-24-9-5-6-16(24)14-27-17)22-15-7-10-23(11-8-15)19(25)26-4-2/h15-17H,3-14H2,1-2H3,(H2,20,21,22). The first-order valence-electron chi connectivity index (χ1n) is 10.5. The number of nitrogens with one attached hydrogen (secondary N) is 2. The number of nitrogens with zero attached hydrogens (tertiary/aromatic N) is 3. The highest BCUT2D eigenvalue weighted by Gasteiger charge is 2.32. The first-order valence-corrected chi connectivity index (χ1v) is 10.5. The van der Waals surface area contributed by atoms with Crippen molar-refractivity contribution >= 4 is 12.1 Å². The van der Waals surface area contributed by atoms with Gasteiger partial charge in [-0.15, -0.1) is 0 Å². The maximum Gasteiger partial charge on any atom is 0.409 e. The summed E-state index contributed by atoms with van der Waals surface area (Å²) < 4.78 is 11.1. The van der Waals surface area contributed by atoms with Gasteiger partial charge in [-0.3, -0.25) is 9.89 Å². The Kier molecular flexibility index (Phi) is 7.58. The van der Waals surface area contributed by atoms with Crippen molar-refractivity contribution in [3.05, 3.63) is 0 Å². The number of fused-ring (bicyclic) bond motifs is 1. The Morgan fingerprint density at radius 3 is 2.78 bits per heavy atom. The van der Waals surface area contributed by atoms with Crippen LogP contribution in [0.2, 0.25) is 0 Å². The highest BCUT2D eigenvalue weighted by atomic mass is 16.6. The van der Waals surface area contributed by atoms with E-state index in [1.54, 1.807) is 4.90 Å². The lowest BCUT2D eigenvalue weighted by Gasteiger charge is -2.35. The fourth-order valence-electron chi connectivity index (χ4n) is 4.12. The Morgan fingerprint density at radius 2 is 2.04 bits per heavy atom. The van der Waals surface area contributed by atoms with Crippen LogP contribution in [-0.4, -0.2) is 92.5 Å². The topological polar surface area (TPSA) is 78.4 Å². The predicted octanol–water partition coefficient (Wildman–Crippen LogP) is 1.03. The van der Waals surface area contributed by atoms with Gasteiger partial charge in [0.25, 0.3) is 0 Å². The number of amides is 1. The smallest absolute Gasteiger partial charge is 0.409 e. The van der Waals surface area contributed by atoms with E-state index < -0.39 is 0 Å². The summed E-state index contributed by atoms with van der Waals surface area (Å²) in [7, 11) is 0. The van der Waals surface area contributed by atoms with E-state index >= 15 is 0 Å². The molecule has 0 aromatic carbocycles. The normalized spacial score (nSPS) is 27.3. The number of aliphatic imine (C=N–C) groups is 1. The quantitative estimate of drug-likeness (QED) is 0.547. The van der Waals surface area contributed by atoms with E-state index in [4.69, 9.17) is 14.5 Å². The van der Waals surface area contributed by atoms with Gasteiger partial charge < -0.3 is 25.0 Å². The summed E-state index contributed by atoms with van der Waals surface area (Å²) in [5.41, 5.74) is 0. The van der Waals surface area contributed by atoms with Crippen LogP contribution in [0.4, 0.5) is 4.79 Å². The third-order valence-corrected chi connectivity index (χ3v) is 5.62. The van der Waals surface area contributed by atoms with Gasteiger partial charge in [-0.05, 0) is 46.1 Å². The average Bonchev–Trinajstić information content (AvgIpc) is 3.15. The lowest BCUT2D eigenvalue weighted by molar-refractivity contribution is -0.0432. The van der Waals surface area contributed by atoms with Crippen LogP contribution in [0.1, 0.15) is 39.5 Å². The van der Waals surface area contributed by atoms with Crippen molar-refractivity contribution in [1.82, 2.24) is 20.4 Å². The number of hydrogen-bond donors (Lipinski definition) is 2. The van der Waals surface area contributed by atoms with Gasteiger partial charge in [-0.25, -0.2) is 4.79 Å². The lowest BCUT2D eigenvalue weighted by atomic mass is 10.1. The summed E-state index contributed by atoms with van der Waals surface area (Å²) in [4.78, 5) is 20.9. The monoisotopic (exact) mass is 381 g/mol. The number of ether oxygens (including phenoxy) is 2. The van der Waals surface area contributed by atoms with Crippen LogP contribution < -0.4 is 10.6 Å². The minimum Gasteiger partial charge on any atom is -0.450 e. The molecule has 0 saturated carbocycles. The number of rotatable bonds is 5. The van der Waals surface area contributed by atoms with Crippen LogP contribution in [0.5, 0.6) is 0 Å². The molecule has 3 heterocycles. The number of carbonyl (C=O) groups is 1. The summed E-state index contributed by atoms with van der Waals surface area (Å²) in [5, 5.41) is 6.86. The van der Waals surface area contributed by atoms with E-state index in [-0.39, 0.29) is 12.2 Å². The van der Waals surface area contributed by atoms with E-state index in [0.717, 1.165) is 51.6 Å². The molecule has 8 nitrogen and oxygen atoms in total. The second-order valence-electron chi connectivity index (χ2n) is 7.57. The largest absolute Gasteiger partial charge is 0.450 e. The second-order valence-corrected chi connectivity index (χ2v) is 7.57. The van der Waals surface area contributed by atoms with Crippen LogP contribution in [0.15, 0.2) is 4.99 Å². The maximum atomic E-state index is 11.8. The summed E-state index contributed by atoms with van der Waals surface area (Å²) in [6, 6.07) is 0.949. The number of hydrogen-bond acceptors (Lipinski definition) is 5. The fourth-order valence-corrected chi connectivity index (χ4v) is 4.12. The van der Waals surface area contributed by atoms with Gasteiger partial charge in [-0.1, -0.05) is 0 Å². The summed E-state index contributed by atoms with van der Waals surface area (Å²) in [5.74, 6) is 0.847. The van der Waals surface area contributed by atoms with E-state index in [1.165, 1.54) is 19.4 Å². The lowest BCUT2D eigenvalue weighted by Crippen LogP contribution is -2.50. The van der Waals surface area contributed by atoms with Gasteiger partial charge >= 0.3 is 6.09 Å². The second kappa shape index (κ2) is 10.1. The van der Waals surface area contributed by atoms with Crippen LogP contribution in [0, 0.1) is 0 Å². The number of piperidine rings is 1. The molecule has 1 amide bonds. The molecular formula is C19H35N5O3. The first kappa shape index (κ1) is 20.2. The van der Waals surface area contributed by atoms with Crippen LogP contribution in [0.3, 0.4) is 0 Å². The van der Waals surface area contributed by atoms with Gasteiger partial charge in [0.15, 0.2) is 5.96 Å². The molecule has 3 aliphatic heterocycles. The van der Waals surface area contributed by atoms with Crippen molar-refractivity contribution in [3.8, 4) is 0 Å².